The predicted molar refractivity (Wildman–Crippen MR) is 135 cm³/mol. The number of ether oxygens (including phenoxy) is 2. The van der Waals surface area contributed by atoms with Crippen LogP contribution in [0.15, 0.2) is 71.6 Å². The number of nitrogens with zero attached hydrogens (tertiary/aromatic N) is 1. The molecule has 0 aliphatic rings. The summed E-state index contributed by atoms with van der Waals surface area (Å²) in [6.45, 7) is 3.11. The van der Waals surface area contributed by atoms with Crippen LogP contribution in [0.3, 0.4) is 0 Å². The summed E-state index contributed by atoms with van der Waals surface area (Å²) >= 11 is 6.24. The number of benzene rings is 3. The summed E-state index contributed by atoms with van der Waals surface area (Å²) in [7, 11) is -2.71. The van der Waals surface area contributed by atoms with E-state index in [4.69, 9.17) is 21.1 Å². The van der Waals surface area contributed by atoms with E-state index < -0.39 is 28.4 Å². The maximum absolute atomic E-state index is 13.6. The van der Waals surface area contributed by atoms with Crippen LogP contribution in [0.5, 0.6) is 5.75 Å². The highest BCUT2D eigenvalue weighted by Gasteiger charge is 2.28. The van der Waals surface area contributed by atoms with Crippen molar-refractivity contribution in [1.82, 2.24) is 0 Å². The van der Waals surface area contributed by atoms with Crippen molar-refractivity contribution in [3.8, 4) is 5.75 Å². The molecule has 184 valence electrons. The summed E-state index contributed by atoms with van der Waals surface area (Å²) in [5, 5.41) is 2.80. The number of halogens is 1. The van der Waals surface area contributed by atoms with Crippen molar-refractivity contribution in [2.45, 2.75) is 18.7 Å². The van der Waals surface area contributed by atoms with E-state index in [0.717, 1.165) is 9.87 Å². The van der Waals surface area contributed by atoms with Crippen LogP contribution in [0.4, 0.5) is 11.4 Å². The number of carbonyl (C=O) groups excluding carboxylic acids is 2. The van der Waals surface area contributed by atoms with Crippen molar-refractivity contribution in [2.24, 2.45) is 0 Å². The van der Waals surface area contributed by atoms with Crippen LogP contribution < -0.4 is 14.4 Å². The molecule has 10 heteroatoms. The number of sulfonamides is 1. The van der Waals surface area contributed by atoms with E-state index >= 15 is 0 Å². The molecule has 0 saturated heterocycles. The second-order valence-corrected chi connectivity index (χ2v) is 9.73. The van der Waals surface area contributed by atoms with Crippen molar-refractivity contribution >= 4 is 44.9 Å². The van der Waals surface area contributed by atoms with Gasteiger partial charge < -0.3 is 14.8 Å². The van der Waals surface area contributed by atoms with E-state index in [2.05, 4.69) is 5.32 Å². The van der Waals surface area contributed by atoms with E-state index in [1.807, 2.05) is 6.92 Å². The molecule has 0 aromatic heterocycles. The summed E-state index contributed by atoms with van der Waals surface area (Å²) < 4.78 is 38.3. The molecule has 0 heterocycles. The van der Waals surface area contributed by atoms with Crippen molar-refractivity contribution < 1.29 is 27.5 Å². The Kier molecular flexibility index (Phi) is 8.37. The Labute approximate surface area is 209 Å². The van der Waals surface area contributed by atoms with Gasteiger partial charge in [-0.05, 0) is 56.3 Å². The van der Waals surface area contributed by atoms with E-state index in [-0.39, 0.29) is 33.5 Å². The lowest BCUT2D eigenvalue weighted by Crippen LogP contribution is -2.38. The van der Waals surface area contributed by atoms with Crippen LogP contribution in [0, 0.1) is 6.92 Å². The fraction of sp³-hybridized carbons (Fsp3) is 0.200. The van der Waals surface area contributed by atoms with Gasteiger partial charge in [0.25, 0.3) is 10.0 Å². The number of hydrogen-bond donors (Lipinski definition) is 1. The van der Waals surface area contributed by atoms with Gasteiger partial charge in [0.2, 0.25) is 5.91 Å². The van der Waals surface area contributed by atoms with Crippen LogP contribution in [0.1, 0.15) is 22.8 Å². The topological polar surface area (TPSA) is 102 Å². The van der Waals surface area contributed by atoms with Crippen LogP contribution in [0.25, 0.3) is 0 Å². The standard InChI is InChI=1S/C25H25ClN2O6S/c1-4-34-25(30)20-7-5-6-8-22(20)27-24(29)16-28(18-11-14-23(33-3)21(26)15-18)35(31,32)19-12-9-17(2)10-13-19/h5-15H,4,16H2,1-3H3,(H,27,29). The molecule has 35 heavy (non-hydrogen) atoms. The van der Waals surface area contributed by atoms with E-state index in [9.17, 15) is 18.0 Å². The number of methoxy groups -OCH3 is 1. The molecule has 3 aromatic rings. The molecule has 0 fully saturated rings. The molecule has 0 aliphatic carbocycles. The molecule has 0 spiro atoms. The SMILES string of the molecule is CCOC(=O)c1ccccc1NC(=O)CN(c1ccc(OC)c(Cl)c1)S(=O)(=O)c1ccc(C)cc1. The molecule has 0 bridgehead atoms. The van der Waals surface area contributed by atoms with Crippen LogP contribution >= 0.6 is 11.6 Å². The van der Waals surface area contributed by atoms with E-state index in [1.54, 1.807) is 31.2 Å². The molecule has 0 saturated carbocycles. The maximum Gasteiger partial charge on any atom is 0.340 e. The van der Waals surface area contributed by atoms with Crippen LogP contribution in [-0.4, -0.2) is 40.6 Å². The molecule has 8 nitrogen and oxygen atoms in total. The van der Waals surface area contributed by atoms with E-state index in [0.29, 0.717) is 5.75 Å². The zero-order valence-electron chi connectivity index (χ0n) is 19.4. The Morgan fingerprint density at radius 2 is 1.71 bits per heavy atom. The van der Waals surface area contributed by atoms with Gasteiger partial charge in [-0.25, -0.2) is 13.2 Å². The summed E-state index contributed by atoms with van der Waals surface area (Å²) in [5.74, 6) is -0.908. The number of nitrogens with one attached hydrogen (secondary N) is 1. The lowest BCUT2D eigenvalue weighted by atomic mass is 10.2. The predicted octanol–water partition coefficient (Wildman–Crippen LogP) is 4.67. The number of esters is 1. The average Bonchev–Trinajstić information content (AvgIpc) is 2.83. The number of anilines is 2. The monoisotopic (exact) mass is 516 g/mol. The number of carbonyl (C=O) groups is 2. The highest BCUT2D eigenvalue weighted by Crippen LogP contribution is 2.32. The van der Waals surface area contributed by atoms with E-state index in [1.165, 1.54) is 49.6 Å². The lowest BCUT2D eigenvalue weighted by Gasteiger charge is -2.25. The fourth-order valence-corrected chi connectivity index (χ4v) is 4.93. The first-order valence-electron chi connectivity index (χ1n) is 10.7. The Morgan fingerprint density at radius 1 is 1.03 bits per heavy atom. The first-order chi connectivity index (χ1) is 16.7. The lowest BCUT2D eigenvalue weighted by molar-refractivity contribution is -0.114. The normalized spacial score (nSPS) is 11.0. The van der Waals surface area contributed by atoms with Gasteiger partial charge in [0.15, 0.2) is 0 Å². The molecule has 3 aromatic carbocycles. The van der Waals surface area contributed by atoms with Crippen molar-refractivity contribution in [3.05, 3.63) is 82.9 Å². The molecule has 0 radical (unpaired) electrons. The van der Waals surface area contributed by atoms with Gasteiger partial charge in [-0.3, -0.25) is 9.10 Å². The smallest absolute Gasteiger partial charge is 0.340 e. The highest BCUT2D eigenvalue weighted by atomic mass is 35.5. The van der Waals surface area contributed by atoms with Gasteiger partial charge in [0, 0.05) is 0 Å². The third-order valence-corrected chi connectivity index (χ3v) is 7.10. The molecule has 3 rings (SSSR count). The van der Waals surface area contributed by atoms with Gasteiger partial charge in [-0.1, -0.05) is 41.4 Å². The van der Waals surface area contributed by atoms with Crippen molar-refractivity contribution in [3.63, 3.8) is 0 Å². The summed E-state index contributed by atoms with van der Waals surface area (Å²) in [5.41, 5.74) is 1.42. The minimum absolute atomic E-state index is 0.00904. The van der Waals surface area contributed by atoms with Gasteiger partial charge in [0.05, 0.1) is 40.6 Å². The third kappa shape index (κ3) is 6.12. The van der Waals surface area contributed by atoms with Crippen molar-refractivity contribution in [2.75, 3.05) is 29.9 Å². The second-order valence-electron chi connectivity index (χ2n) is 7.46. The molecule has 1 N–H and O–H groups in total. The highest BCUT2D eigenvalue weighted by molar-refractivity contribution is 7.92. The molecule has 1 amide bonds. The Bertz CT molecular complexity index is 1330. The van der Waals surface area contributed by atoms with Crippen LogP contribution in [0.2, 0.25) is 5.02 Å². The minimum atomic E-state index is -4.15. The fourth-order valence-electron chi connectivity index (χ4n) is 3.26. The maximum atomic E-state index is 13.6. The third-order valence-electron chi connectivity index (χ3n) is 5.02. The first kappa shape index (κ1) is 26.1. The first-order valence-corrected chi connectivity index (χ1v) is 12.5. The number of rotatable bonds is 9. The number of para-hydroxylation sites is 1. The summed E-state index contributed by atoms with van der Waals surface area (Å²) in [6, 6.07) is 17.0. The molecular formula is C25H25ClN2O6S. The molecular weight excluding hydrogens is 492 g/mol. The Balaban J connectivity index is 1.98. The van der Waals surface area contributed by atoms with Gasteiger partial charge in [-0.2, -0.15) is 0 Å². The molecule has 0 atom stereocenters. The average molecular weight is 517 g/mol. The number of hydrogen-bond acceptors (Lipinski definition) is 6. The second kappa shape index (κ2) is 11.2. The Hall–Kier alpha value is -3.56. The largest absolute Gasteiger partial charge is 0.495 e. The zero-order chi connectivity index (χ0) is 25.6. The summed E-state index contributed by atoms with van der Waals surface area (Å²) in [4.78, 5) is 25.3. The van der Waals surface area contributed by atoms with Gasteiger partial charge in [0.1, 0.15) is 12.3 Å². The number of aryl methyl sites for hydroxylation is 1. The van der Waals surface area contributed by atoms with Crippen LogP contribution in [-0.2, 0) is 19.6 Å². The van der Waals surface area contributed by atoms with Crippen molar-refractivity contribution in [1.29, 1.82) is 0 Å². The summed E-state index contributed by atoms with van der Waals surface area (Å²) in [6.07, 6.45) is 0. The zero-order valence-corrected chi connectivity index (χ0v) is 21.0. The minimum Gasteiger partial charge on any atom is -0.495 e. The Morgan fingerprint density at radius 3 is 2.34 bits per heavy atom. The molecule has 0 aliphatic heterocycles. The van der Waals surface area contributed by atoms with Gasteiger partial charge >= 0.3 is 5.97 Å². The molecule has 0 unspecified atom stereocenters. The quantitative estimate of drug-likeness (QED) is 0.415. The van der Waals surface area contributed by atoms with Gasteiger partial charge in [-0.15, -0.1) is 0 Å². The number of amides is 1.